The molecule has 2 aromatic rings. The van der Waals surface area contributed by atoms with Crippen LogP contribution in [0.5, 0.6) is 5.75 Å². The molecule has 0 spiro atoms. The van der Waals surface area contributed by atoms with E-state index in [4.69, 9.17) is 22.1 Å². The van der Waals surface area contributed by atoms with E-state index < -0.39 is 0 Å². The maximum Gasteiger partial charge on any atom is 0.124 e. The number of benzene rings is 1. The Morgan fingerprint density at radius 1 is 1.36 bits per heavy atom. The van der Waals surface area contributed by atoms with Crippen molar-refractivity contribution < 1.29 is 4.74 Å². The molecule has 1 aromatic heterocycles. The minimum absolute atomic E-state index is 0.119. The van der Waals surface area contributed by atoms with Crippen LogP contribution < -0.4 is 10.5 Å². The highest BCUT2D eigenvalue weighted by molar-refractivity contribution is 6.30. The summed E-state index contributed by atoms with van der Waals surface area (Å²) in [4.78, 5) is 6.57. The second-order valence-corrected chi connectivity index (χ2v) is 7.93. The van der Waals surface area contributed by atoms with Crippen LogP contribution in [-0.2, 0) is 13.2 Å². The first kappa shape index (κ1) is 18.2. The summed E-state index contributed by atoms with van der Waals surface area (Å²) in [5.41, 5.74) is 8.54. The van der Waals surface area contributed by atoms with E-state index in [1.807, 2.05) is 36.5 Å². The molecule has 0 amide bonds. The van der Waals surface area contributed by atoms with Gasteiger partial charge in [0.25, 0.3) is 0 Å². The van der Waals surface area contributed by atoms with Gasteiger partial charge in [-0.3, -0.25) is 9.88 Å². The Morgan fingerprint density at radius 2 is 2.20 bits per heavy atom. The van der Waals surface area contributed by atoms with Gasteiger partial charge in [0.05, 0.1) is 0 Å². The Bertz CT molecular complexity index is 705. The summed E-state index contributed by atoms with van der Waals surface area (Å²) in [6, 6.07) is 10.0. The molecule has 0 saturated carbocycles. The highest BCUT2D eigenvalue weighted by atomic mass is 35.5. The molecule has 0 aliphatic carbocycles. The molecule has 1 aliphatic rings. The SMILES string of the molecule is CC1(C)CN(Cc2cc(Cl)ccc2OCc2cccnc2)CCC1N. The lowest BCUT2D eigenvalue weighted by Crippen LogP contribution is -2.52. The average molecular weight is 360 g/mol. The number of hydrogen-bond donors (Lipinski definition) is 1. The zero-order valence-electron chi connectivity index (χ0n) is 14.9. The van der Waals surface area contributed by atoms with E-state index >= 15 is 0 Å². The molecule has 1 aromatic carbocycles. The highest BCUT2D eigenvalue weighted by Crippen LogP contribution is 2.31. The molecule has 3 rings (SSSR count). The van der Waals surface area contributed by atoms with E-state index in [1.54, 1.807) is 6.20 Å². The minimum atomic E-state index is 0.119. The van der Waals surface area contributed by atoms with Gasteiger partial charge in [0.15, 0.2) is 0 Å². The van der Waals surface area contributed by atoms with Gasteiger partial charge in [-0.1, -0.05) is 31.5 Å². The highest BCUT2D eigenvalue weighted by Gasteiger charge is 2.33. The van der Waals surface area contributed by atoms with Gasteiger partial charge in [-0.15, -0.1) is 0 Å². The van der Waals surface area contributed by atoms with Crippen LogP contribution in [0, 0.1) is 5.41 Å². The number of rotatable bonds is 5. The zero-order valence-corrected chi connectivity index (χ0v) is 15.7. The molecule has 1 saturated heterocycles. The third kappa shape index (κ3) is 4.72. The number of ether oxygens (including phenoxy) is 1. The van der Waals surface area contributed by atoms with Crippen LogP contribution in [0.1, 0.15) is 31.4 Å². The summed E-state index contributed by atoms with van der Waals surface area (Å²) >= 11 is 6.23. The largest absolute Gasteiger partial charge is 0.489 e. The Kier molecular flexibility index (Phi) is 5.62. The maximum atomic E-state index is 6.26. The number of nitrogens with two attached hydrogens (primary N) is 1. The Balaban J connectivity index is 1.71. The molecule has 2 N–H and O–H groups in total. The normalized spacial score (nSPS) is 20.4. The molecule has 1 unspecified atom stereocenters. The second-order valence-electron chi connectivity index (χ2n) is 7.50. The fourth-order valence-electron chi connectivity index (χ4n) is 3.32. The average Bonchev–Trinajstić information content (AvgIpc) is 2.58. The Labute approximate surface area is 155 Å². The Hall–Kier alpha value is -1.62. The van der Waals surface area contributed by atoms with Crippen molar-refractivity contribution >= 4 is 11.6 Å². The molecule has 5 heteroatoms. The first-order valence-electron chi connectivity index (χ1n) is 8.72. The molecule has 25 heavy (non-hydrogen) atoms. The van der Waals surface area contributed by atoms with E-state index in [0.29, 0.717) is 6.61 Å². The summed E-state index contributed by atoms with van der Waals surface area (Å²) in [6.07, 6.45) is 4.60. The van der Waals surface area contributed by atoms with Gasteiger partial charge in [-0.05, 0) is 36.1 Å². The minimum Gasteiger partial charge on any atom is -0.489 e. The summed E-state index contributed by atoms with van der Waals surface area (Å²) in [7, 11) is 0. The van der Waals surface area contributed by atoms with Crippen molar-refractivity contribution in [2.75, 3.05) is 13.1 Å². The lowest BCUT2D eigenvalue weighted by Gasteiger charge is -2.42. The Morgan fingerprint density at radius 3 is 2.92 bits per heavy atom. The number of hydrogen-bond acceptors (Lipinski definition) is 4. The van der Waals surface area contributed by atoms with Gasteiger partial charge in [0.1, 0.15) is 12.4 Å². The van der Waals surface area contributed by atoms with Crippen LogP contribution in [0.4, 0.5) is 0 Å². The monoisotopic (exact) mass is 359 g/mol. The lowest BCUT2D eigenvalue weighted by molar-refractivity contribution is 0.0889. The van der Waals surface area contributed by atoms with Crippen LogP contribution in [0.25, 0.3) is 0 Å². The van der Waals surface area contributed by atoms with Gasteiger partial charge >= 0.3 is 0 Å². The first-order valence-corrected chi connectivity index (χ1v) is 9.10. The van der Waals surface area contributed by atoms with Gasteiger partial charge in [0, 0.05) is 54.2 Å². The molecule has 1 atom stereocenters. The number of likely N-dealkylation sites (tertiary alicyclic amines) is 1. The second kappa shape index (κ2) is 7.73. The number of pyridine rings is 1. The molecule has 4 nitrogen and oxygen atoms in total. The quantitative estimate of drug-likeness (QED) is 0.880. The fraction of sp³-hybridized carbons (Fsp3) is 0.450. The van der Waals surface area contributed by atoms with E-state index in [-0.39, 0.29) is 11.5 Å². The van der Waals surface area contributed by atoms with Crippen molar-refractivity contribution in [3.8, 4) is 5.75 Å². The predicted octanol–water partition coefficient (Wildman–Crippen LogP) is 3.87. The molecule has 1 fully saturated rings. The van der Waals surface area contributed by atoms with Crippen LogP contribution in [0.15, 0.2) is 42.7 Å². The standard InChI is InChI=1S/C20H26ClN3O/c1-20(2)14-24(9-7-19(20)22)12-16-10-17(21)5-6-18(16)25-13-15-4-3-8-23-11-15/h3-6,8,10-11,19H,7,9,12-14,22H2,1-2H3. The van der Waals surface area contributed by atoms with Crippen LogP contribution >= 0.6 is 11.6 Å². The van der Waals surface area contributed by atoms with Crippen molar-refractivity contribution in [2.24, 2.45) is 11.1 Å². The molecule has 134 valence electrons. The summed E-state index contributed by atoms with van der Waals surface area (Å²) in [6.45, 7) is 7.77. The molecule has 1 aliphatic heterocycles. The van der Waals surface area contributed by atoms with Crippen LogP contribution in [0.3, 0.4) is 0 Å². The predicted molar refractivity (Wildman–Crippen MR) is 102 cm³/mol. The van der Waals surface area contributed by atoms with E-state index in [1.165, 1.54) is 0 Å². The third-order valence-electron chi connectivity index (χ3n) is 4.92. The maximum absolute atomic E-state index is 6.26. The van der Waals surface area contributed by atoms with Crippen molar-refractivity contribution in [1.82, 2.24) is 9.88 Å². The van der Waals surface area contributed by atoms with Gasteiger partial charge < -0.3 is 10.5 Å². The lowest BCUT2D eigenvalue weighted by atomic mass is 9.79. The molecular formula is C20H26ClN3O. The summed E-state index contributed by atoms with van der Waals surface area (Å²) in [5.74, 6) is 0.876. The molecule has 0 radical (unpaired) electrons. The fourth-order valence-corrected chi connectivity index (χ4v) is 3.51. The van der Waals surface area contributed by atoms with Crippen molar-refractivity contribution in [2.45, 2.75) is 39.5 Å². The zero-order chi connectivity index (χ0) is 17.9. The number of halogens is 1. The van der Waals surface area contributed by atoms with Crippen molar-refractivity contribution in [1.29, 1.82) is 0 Å². The van der Waals surface area contributed by atoms with Crippen molar-refractivity contribution in [3.05, 3.63) is 58.9 Å². The summed E-state index contributed by atoms with van der Waals surface area (Å²) < 4.78 is 6.04. The first-order chi connectivity index (χ1) is 11.9. The summed E-state index contributed by atoms with van der Waals surface area (Å²) in [5, 5.41) is 0.733. The van der Waals surface area contributed by atoms with Gasteiger partial charge in [-0.25, -0.2) is 0 Å². The van der Waals surface area contributed by atoms with Crippen LogP contribution in [0.2, 0.25) is 5.02 Å². The number of piperidine rings is 1. The van der Waals surface area contributed by atoms with E-state index in [2.05, 4.69) is 23.7 Å². The number of aromatic nitrogens is 1. The topological polar surface area (TPSA) is 51.4 Å². The number of nitrogens with zero attached hydrogens (tertiary/aromatic N) is 2. The van der Waals surface area contributed by atoms with E-state index in [0.717, 1.165) is 48.0 Å². The molecule has 0 bridgehead atoms. The van der Waals surface area contributed by atoms with Crippen LogP contribution in [-0.4, -0.2) is 29.0 Å². The smallest absolute Gasteiger partial charge is 0.124 e. The molecular weight excluding hydrogens is 334 g/mol. The van der Waals surface area contributed by atoms with Gasteiger partial charge in [0.2, 0.25) is 0 Å². The van der Waals surface area contributed by atoms with Crippen molar-refractivity contribution in [3.63, 3.8) is 0 Å². The molecule has 2 heterocycles. The van der Waals surface area contributed by atoms with Gasteiger partial charge in [-0.2, -0.15) is 0 Å². The van der Waals surface area contributed by atoms with E-state index in [9.17, 15) is 0 Å². The third-order valence-corrected chi connectivity index (χ3v) is 5.16.